The monoisotopic (exact) mass is 278 g/mol. The fourth-order valence-corrected chi connectivity index (χ4v) is 3.24. The highest BCUT2D eigenvalue weighted by Crippen LogP contribution is 2.37. The first-order valence-electron chi connectivity index (χ1n) is 7.59. The van der Waals surface area contributed by atoms with Gasteiger partial charge in [0.1, 0.15) is 5.82 Å². The zero-order chi connectivity index (χ0) is 14.9. The summed E-state index contributed by atoms with van der Waals surface area (Å²) in [5, 5.41) is 0. The minimum atomic E-state index is -0.272. The van der Waals surface area contributed by atoms with E-state index in [0.29, 0.717) is 11.0 Å². The van der Waals surface area contributed by atoms with Crippen LogP contribution in [0.2, 0.25) is 0 Å². The number of hydrogen-bond acceptors (Lipinski definition) is 2. The summed E-state index contributed by atoms with van der Waals surface area (Å²) in [4.78, 5) is 2.30. The van der Waals surface area contributed by atoms with Gasteiger partial charge in [-0.15, -0.1) is 0 Å². The summed E-state index contributed by atoms with van der Waals surface area (Å²) in [5.41, 5.74) is 7.94. The molecule has 1 saturated heterocycles. The van der Waals surface area contributed by atoms with Crippen molar-refractivity contribution in [3.8, 4) is 0 Å². The van der Waals surface area contributed by atoms with Crippen LogP contribution < -0.4 is 10.6 Å². The summed E-state index contributed by atoms with van der Waals surface area (Å²) in [6, 6.07) is 5.02. The molecule has 1 aliphatic rings. The third kappa shape index (κ3) is 3.14. The number of nitrogens with zero attached hydrogens (tertiary/aromatic N) is 1. The van der Waals surface area contributed by atoms with Gasteiger partial charge in [0.2, 0.25) is 0 Å². The summed E-state index contributed by atoms with van der Waals surface area (Å²) >= 11 is 0. The number of rotatable bonds is 2. The van der Waals surface area contributed by atoms with Crippen molar-refractivity contribution in [2.75, 3.05) is 18.0 Å². The molecule has 3 heteroatoms. The van der Waals surface area contributed by atoms with Crippen LogP contribution in [0.25, 0.3) is 0 Å². The van der Waals surface area contributed by atoms with Gasteiger partial charge >= 0.3 is 0 Å². The normalized spacial score (nSPS) is 19.2. The van der Waals surface area contributed by atoms with E-state index in [1.807, 2.05) is 13.0 Å². The van der Waals surface area contributed by atoms with Crippen molar-refractivity contribution < 1.29 is 4.39 Å². The van der Waals surface area contributed by atoms with Crippen LogP contribution in [0.5, 0.6) is 0 Å². The van der Waals surface area contributed by atoms with Crippen molar-refractivity contribution in [2.24, 2.45) is 17.1 Å². The first kappa shape index (κ1) is 15.3. The Morgan fingerprint density at radius 2 is 1.85 bits per heavy atom. The van der Waals surface area contributed by atoms with E-state index in [1.165, 1.54) is 18.9 Å². The number of benzene rings is 1. The molecule has 2 N–H and O–H groups in total. The number of hydrogen-bond donors (Lipinski definition) is 1. The summed E-state index contributed by atoms with van der Waals surface area (Å²) in [7, 11) is 0. The molecule has 1 atom stereocenters. The molecule has 1 aromatic rings. The zero-order valence-corrected chi connectivity index (χ0v) is 13.1. The van der Waals surface area contributed by atoms with Crippen LogP contribution >= 0.6 is 0 Å². The van der Waals surface area contributed by atoms with Crippen LogP contribution in [0.4, 0.5) is 10.1 Å². The number of nitrogens with two attached hydrogens (primary N) is 1. The third-order valence-corrected chi connectivity index (χ3v) is 4.55. The molecule has 1 aromatic carbocycles. The largest absolute Gasteiger partial charge is 0.371 e. The van der Waals surface area contributed by atoms with Gasteiger partial charge in [0.05, 0.1) is 0 Å². The van der Waals surface area contributed by atoms with Crippen LogP contribution in [0.3, 0.4) is 0 Å². The van der Waals surface area contributed by atoms with E-state index in [4.69, 9.17) is 5.73 Å². The lowest BCUT2D eigenvalue weighted by atomic mass is 9.75. The second kappa shape index (κ2) is 5.72. The Hall–Kier alpha value is -1.09. The zero-order valence-electron chi connectivity index (χ0n) is 13.1. The molecular weight excluding hydrogens is 251 g/mol. The smallest absolute Gasteiger partial charge is 0.130 e. The van der Waals surface area contributed by atoms with Crippen LogP contribution in [-0.2, 0) is 0 Å². The fourth-order valence-electron chi connectivity index (χ4n) is 3.24. The molecule has 20 heavy (non-hydrogen) atoms. The highest BCUT2D eigenvalue weighted by molar-refractivity contribution is 5.55. The van der Waals surface area contributed by atoms with E-state index in [-0.39, 0.29) is 11.9 Å². The van der Waals surface area contributed by atoms with Crippen molar-refractivity contribution in [1.82, 2.24) is 0 Å². The van der Waals surface area contributed by atoms with Gasteiger partial charge in [0, 0.05) is 30.4 Å². The maximum Gasteiger partial charge on any atom is 0.130 e. The SMILES string of the molecule is C[C@@H](N)c1c(F)cccc1N1CCC(C(C)(C)C)CC1. The van der Waals surface area contributed by atoms with Crippen molar-refractivity contribution in [1.29, 1.82) is 0 Å². The minimum Gasteiger partial charge on any atom is -0.371 e. The minimum absolute atomic E-state index is 0.185. The van der Waals surface area contributed by atoms with Crippen molar-refractivity contribution in [3.05, 3.63) is 29.6 Å². The van der Waals surface area contributed by atoms with E-state index in [0.717, 1.165) is 24.7 Å². The average Bonchev–Trinajstić information content (AvgIpc) is 2.37. The number of halogens is 1. The fraction of sp³-hybridized carbons (Fsp3) is 0.647. The molecule has 0 bridgehead atoms. The molecule has 0 saturated carbocycles. The Balaban J connectivity index is 2.17. The molecular formula is C17H27FN2. The average molecular weight is 278 g/mol. The Morgan fingerprint density at radius 3 is 2.35 bits per heavy atom. The number of anilines is 1. The molecule has 0 aromatic heterocycles. The standard InChI is InChI=1S/C17H27FN2/c1-12(19)16-14(18)6-5-7-15(16)20-10-8-13(9-11-20)17(2,3)4/h5-7,12-13H,8-11,19H2,1-4H3/t12-/m1/s1. The van der Waals surface area contributed by atoms with E-state index >= 15 is 0 Å². The van der Waals surface area contributed by atoms with Crippen molar-refractivity contribution in [2.45, 2.75) is 46.6 Å². The Labute approximate surface area is 122 Å². The topological polar surface area (TPSA) is 29.3 Å². The van der Waals surface area contributed by atoms with Crippen LogP contribution in [0.15, 0.2) is 18.2 Å². The van der Waals surface area contributed by atoms with Gasteiger partial charge < -0.3 is 10.6 Å². The molecule has 1 aliphatic heterocycles. The lowest BCUT2D eigenvalue weighted by Crippen LogP contribution is -2.38. The molecule has 0 radical (unpaired) electrons. The van der Waals surface area contributed by atoms with Crippen LogP contribution in [0.1, 0.15) is 52.1 Å². The first-order chi connectivity index (χ1) is 9.30. The van der Waals surface area contributed by atoms with Gasteiger partial charge in [0.25, 0.3) is 0 Å². The van der Waals surface area contributed by atoms with E-state index in [2.05, 4.69) is 25.7 Å². The third-order valence-electron chi connectivity index (χ3n) is 4.55. The summed E-state index contributed by atoms with van der Waals surface area (Å²) in [5.74, 6) is 0.557. The Morgan fingerprint density at radius 1 is 1.25 bits per heavy atom. The molecule has 2 rings (SSSR count). The summed E-state index contributed by atoms with van der Waals surface area (Å²) < 4.78 is 14.0. The summed E-state index contributed by atoms with van der Waals surface area (Å²) in [6.45, 7) is 10.8. The highest BCUT2D eigenvalue weighted by Gasteiger charge is 2.30. The molecule has 1 fully saturated rings. The van der Waals surface area contributed by atoms with E-state index in [9.17, 15) is 4.39 Å². The molecule has 0 unspecified atom stereocenters. The van der Waals surface area contributed by atoms with Gasteiger partial charge in [-0.3, -0.25) is 0 Å². The Kier molecular flexibility index (Phi) is 4.38. The quantitative estimate of drug-likeness (QED) is 0.882. The maximum atomic E-state index is 14.0. The molecule has 2 nitrogen and oxygen atoms in total. The Bertz CT molecular complexity index is 455. The van der Waals surface area contributed by atoms with Crippen molar-refractivity contribution >= 4 is 5.69 Å². The van der Waals surface area contributed by atoms with E-state index in [1.54, 1.807) is 6.07 Å². The first-order valence-corrected chi connectivity index (χ1v) is 7.59. The number of piperidine rings is 1. The molecule has 112 valence electrons. The van der Waals surface area contributed by atoms with Crippen molar-refractivity contribution in [3.63, 3.8) is 0 Å². The van der Waals surface area contributed by atoms with Gasteiger partial charge in [-0.1, -0.05) is 26.8 Å². The molecule has 0 aliphatic carbocycles. The molecule has 0 spiro atoms. The van der Waals surface area contributed by atoms with E-state index < -0.39 is 0 Å². The van der Waals surface area contributed by atoms with Gasteiger partial charge in [-0.05, 0) is 43.2 Å². The van der Waals surface area contributed by atoms with Gasteiger partial charge in [-0.25, -0.2) is 4.39 Å². The molecule has 1 heterocycles. The lowest BCUT2D eigenvalue weighted by molar-refractivity contribution is 0.199. The highest BCUT2D eigenvalue weighted by atomic mass is 19.1. The maximum absolute atomic E-state index is 14.0. The summed E-state index contributed by atoms with van der Waals surface area (Å²) in [6.07, 6.45) is 2.33. The lowest BCUT2D eigenvalue weighted by Gasteiger charge is -2.40. The second-order valence-corrected chi connectivity index (χ2v) is 7.09. The van der Waals surface area contributed by atoms with Gasteiger partial charge in [-0.2, -0.15) is 0 Å². The van der Waals surface area contributed by atoms with Crippen LogP contribution in [0, 0.1) is 17.2 Å². The van der Waals surface area contributed by atoms with Crippen LogP contribution in [-0.4, -0.2) is 13.1 Å². The second-order valence-electron chi connectivity index (χ2n) is 7.09. The predicted molar refractivity (Wildman–Crippen MR) is 83.4 cm³/mol. The predicted octanol–water partition coefficient (Wildman–Crippen LogP) is 4.11. The van der Waals surface area contributed by atoms with Gasteiger partial charge in [0.15, 0.2) is 0 Å². The molecule has 0 amide bonds.